The molecule has 0 atom stereocenters. The molecule has 0 radical (unpaired) electrons. The summed E-state index contributed by atoms with van der Waals surface area (Å²) in [6, 6.07) is 5.23. The molecule has 0 bridgehead atoms. The van der Waals surface area contributed by atoms with Gasteiger partial charge in [0.2, 0.25) is 0 Å². The highest BCUT2D eigenvalue weighted by atomic mass is 35.5. The fraction of sp³-hybridized carbons (Fsp3) is 0.381. The van der Waals surface area contributed by atoms with Gasteiger partial charge in [-0.15, -0.1) is 0 Å². The maximum atomic E-state index is 12.8. The molecule has 0 unspecified atom stereocenters. The van der Waals surface area contributed by atoms with E-state index in [0.717, 1.165) is 22.5 Å². The van der Waals surface area contributed by atoms with Gasteiger partial charge in [-0.3, -0.25) is 9.59 Å². The molecule has 0 aliphatic rings. The van der Waals surface area contributed by atoms with Crippen molar-refractivity contribution < 1.29 is 14.7 Å². The number of nitrogens with one attached hydrogen (secondary N) is 3. The van der Waals surface area contributed by atoms with Gasteiger partial charge in [0.1, 0.15) is 0 Å². The van der Waals surface area contributed by atoms with Gasteiger partial charge in [0.15, 0.2) is 0 Å². The summed E-state index contributed by atoms with van der Waals surface area (Å²) in [7, 11) is 1.86. The van der Waals surface area contributed by atoms with E-state index in [-0.39, 0.29) is 18.0 Å². The molecule has 0 aliphatic heterocycles. The molecule has 2 aromatic rings. The Morgan fingerprint density at radius 2 is 1.87 bits per heavy atom. The molecule has 30 heavy (non-hydrogen) atoms. The van der Waals surface area contributed by atoms with Crippen molar-refractivity contribution in [2.75, 3.05) is 25.0 Å². The van der Waals surface area contributed by atoms with Crippen molar-refractivity contribution in [2.24, 2.45) is 0 Å². The first kappa shape index (κ1) is 23.3. The van der Waals surface area contributed by atoms with Crippen LogP contribution in [0.1, 0.15) is 39.2 Å². The second-order valence-corrected chi connectivity index (χ2v) is 7.67. The Balaban J connectivity index is 2.14. The third-order valence-electron chi connectivity index (χ3n) is 4.87. The molecule has 1 heterocycles. The largest absolute Gasteiger partial charge is 0.465 e. The first-order valence-electron chi connectivity index (χ1n) is 9.55. The first-order valence-corrected chi connectivity index (χ1v) is 9.93. The molecule has 2 rings (SSSR count). The van der Waals surface area contributed by atoms with E-state index in [0.29, 0.717) is 35.7 Å². The van der Waals surface area contributed by atoms with Gasteiger partial charge in [0.25, 0.3) is 11.5 Å². The number of pyridine rings is 1. The number of rotatable bonds is 8. The van der Waals surface area contributed by atoms with Gasteiger partial charge >= 0.3 is 6.09 Å². The summed E-state index contributed by atoms with van der Waals surface area (Å²) in [6.07, 6.45) is -0.454. The second kappa shape index (κ2) is 10.2. The van der Waals surface area contributed by atoms with Gasteiger partial charge in [-0.05, 0) is 56.5 Å². The predicted octanol–water partition coefficient (Wildman–Crippen LogP) is 2.98. The average Bonchev–Trinajstić information content (AvgIpc) is 2.65. The molecule has 1 aromatic heterocycles. The van der Waals surface area contributed by atoms with Crippen molar-refractivity contribution in [2.45, 2.75) is 33.7 Å². The summed E-state index contributed by atoms with van der Waals surface area (Å²) < 4.78 is 0. The predicted molar refractivity (Wildman–Crippen MR) is 118 cm³/mol. The van der Waals surface area contributed by atoms with Gasteiger partial charge in [-0.1, -0.05) is 11.6 Å². The van der Waals surface area contributed by atoms with Gasteiger partial charge in [0.05, 0.1) is 0 Å². The maximum absolute atomic E-state index is 12.8. The van der Waals surface area contributed by atoms with Crippen LogP contribution in [0.5, 0.6) is 0 Å². The van der Waals surface area contributed by atoms with Gasteiger partial charge in [-0.25, -0.2) is 4.79 Å². The van der Waals surface area contributed by atoms with Crippen LogP contribution in [0.2, 0.25) is 5.02 Å². The van der Waals surface area contributed by atoms with Gasteiger partial charge in [-0.2, -0.15) is 0 Å². The number of aryl methyl sites for hydroxylation is 2. The number of H-pyrrole nitrogens is 1. The average molecular weight is 435 g/mol. The SMILES string of the molecule is Cc1cc(C)c(CNC(=O)c2cc(Cl)cc(N(C)CCCNC(=O)O)c2C)c(=O)[nH]1. The standard InChI is InChI=1S/C21H27ClN4O4/c1-12-8-13(2)25-20(28)17(12)11-24-19(27)16-9-15(22)10-18(14(16)3)26(4)7-5-6-23-21(29)30/h8-10,23H,5-7,11H2,1-4H3,(H,24,27)(H,25,28)(H,29,30). The number of hydrogen-bond donors (Lipinski definition) is 4. The van der Waals surface area contributed by atoms with Crippen LogP contribution in [-0.4, -0.2) is 42.2 Å². The Hall–Kier alpha value is -3.00. The third kappa shape index (κ3) is 6.00. The first-order chi connectivity index (χ1) is 14.1. The summed E-state index contributed by atoms with van der Waals surface area (Å²) in [5.74, 6) is -0.323. The minimum absolute atomic E-state index is 0.109. The van der Waals surface area contributed by atoms with Crippen LogP contribution in [0.4, 0.5) is 10.5 Å². The zero-order chi connectivity index (χ0) is 22.4. The Bertz CT molecular complexity index is 1000. The highest BCUT2D eigenvalue weighted by Crippen LogP contribution is 2.27. The van der Waals surface area contributed by atoms with E-state index in [1.165, 1.54) is 0 Å². The minimum atomic E-state index is -1.06. The normalized spacial score (nSPS) is 10.6. The molecule has 0 fully saturated rings. The van der Waals surface area contributed by atoms with Crippen LogP contribution in [0.25, 0.3) is 0 Å². The zero-order valence-electron chi connectivity index (χ0n) is 17.6. The number of halogens is 1. The maximum Gasteiger partial charge on any atom is 0.404 e. The van der Waals surface area contributed by atoms with Crippen LogP contribution in [0.15, 0.2) is 23.0 Å². The van der Waals surface area contributed by atoms with Crippen LogP contribution in [0, 0.1) is 20.8 Å². The topological polar surface area (TPSA) is 115 Å². The Morgan fingerprint density at radius 1 is 1.17 bits per heavy atom. The minimum Gasteiger partial charge on any atom is -0.465 e. The quantitative estimate of drug-likeness (QED) is 0.477. The van der Waals surface area contributed by atoms with Crippen molar-refractivity contribution in [1.82, 2.24) is 15.6 Å². The molecule has 0 saturated carbocycles. The number of carbonyl (C=O) groups excluding carboxylic acids is 1. The van der Waals surface area contributed by atoms with Gasteiger partial charge < -0.3 is 25.6 Å². The summed E-state index contributed by atoms with van der Waals surface area (Å²) in [5, 5.41) is 14.2. The third-order valence-corrected chi connectivity index (χ3v) is 5.09. The molecule has 1 aromatic carbocycles. The lowest BCUT2D eigenvalue weighted by Crippen LogP contribution is -2.29. The Labute approximate surface area is 180 Å². The lowest BCUT2D eigenvalue weighted by atomic mass is 10.0. The molecule has 162 valence electrons. The van der Waals surface area contributed by atoms with Crippen LogP contribution < -0.4 is 21.1 Å². The molecule has 2 amide bonds. The van der Waals surface area contributed by atoms with E-state index < -0.39 is 6.09 Å². The zero-order valence-corrected chi connectivity index (χ0v) is 18.3. The van der Waals surface area contributed by atoms with E-state index in [1.807, 2.05) is 38.8 Å². The van der Waals surface area contributed by atoms with Crippen molar-refractivity contribution in [3.05, 3.63) is 61.5 Å². The summed E-state index contributed by atoms with van der Waals surface area (Å²) >= 11 is 6.25. The number of hydrogen-bond acceptors (Lipinski definition) is 4. The molecular formula is C21H27ClN4O4. The highest BCUT2D eigenvalue weighted by Gasteiger charge is 2.17. The molecule has 0 spiro atoms. The smallest absolute Gasteiger partial charge is 0.404 e. The summed E-state index contributed by atoms with van der Waals surface area (Å²) in [6.45, 7) is 6.49. The van der Waals surface area contributed by atoms with Crippen molar-refractivity contribution >= 4 is 29.3 Å². The molecule has 0 saturated heterocycles. The molecular weight excluding hydrogens is 408 g/mol. The van der Waals surface area contributed by atoms with E-state index in [1.54, 1.807) is 12.1 Å². The Morgan fingerprint density at radius 3 is 2.50 bits per heavy atom. The van der Waals surface area contributed by atoms with Crippen LogP contribution >= 0.6 is 11.6 Å². The number of nitrogens with zero attached hydrogens (tertiary/aromatic N) is 1. The van der Waals surface area contributed by atoms with E-state index in [2.05, 4.69) is 15.6 Å². The van der Waals surface area contributed by atoms with Crippen LogP contribution in [-0.2, 0) is 6.54 Å². The van der Waals surface area contributed by atoms with Crippen molar-refractivity contribution in [3.8, 4) is 0 Å². The fourth-order valence-electron chi connectivity index (χ4n) is 3.29. The molecule has 9 heteroatoms. The van der Waals surface area contributed by atoms with Crippen molar-refractivity contribution in [3.63, 3.8) is 0 Å². The number of carboxylic acid groups (broad SMARTS) is 1. The Kier molecular flexibility index (Phi) is 7.88. The van der Waals surface area contributed by atoms with E-state index in [4.69, 9.17) is 16.7 Å². The van der Waals surface area contributed by atoms with Gasteiger partial charge in [0, 0.05) is 54.2 Å². The lowest BCUT2D eigenvalue weighted by molar-refractivity contribution is 0.0950. The lowest BCUT2D eigenvalue weighted by Gasteiger charge is -2.23. The number of aromatic nitrogens is 1. The summed E-state index contributed by atoms with van der Waals surface area (Å²) in [5.41, 5.74) is 3.84. The molecule has 8 nitrogen and oxygen atoms in total. The van der Waals surface area contributed by atoms with Crippen molar-refractivity contribution in [1.29, 1.82) is 0 Å². The van der Waals surface area contributed by atoms with Crippen LogP contribution in [0.3, 0.4) is 0 Å². The number of anilines is 1. The van der Waals surface area contributed by atoms with E-state index >= 15 is 0 Å². The summed E-state index contributed by atoms with van der Waals surface area (Å²) in [4.78, 5) is 40.2. The second-order valence-electron chi connectivity index (χ2n) is 7.23. The molecule has 0 aliphatic carbocycles. The number of carbonyl (C=O) groups is 2. The number of benzene rings is 1. The number of aromatic amines is 1. The molecule has 4 N–H and O–H groups in total. The fourth-order valence-corrected chi connectivity index (χ4v) is 3.51. The highest BCUT2D eigenvalue weighted by molar-refractivity contribution is 6.31. The van der Waals surface area contributed by atoms with E-state index in [9.17, 15) is 14.4 Å². The number of amides is 2. The monoisotopic (exact) mass is 434 g/mol.